The second kappa shape index (κ2) is 10.2. The van der Waals surface area contributed by atoms with Gasteiger partial charge in [0.1, 0.15) is 6.10 Å². The van der Waals surface area contributed by atoms with Gasteiger partial charge < -0.3 is 14.7 Å². The molecule has 6 saturated carbocycles. The molecular formula is C36H55NO5. The largest absolute Gasteiger partial charge is 0.481 e. The lowest BCUT2D eigenvalue weighted by molar-refractivity contribution is -0.206. The summed E-state index contributed by atoms with van der Waals surface area (Å²) in [4.78, 5) is 40.8. The smallest absolute Gasteiger partial charge is 0.309 e. The van der Waals surface area contributed by atoms with Crippen molar-refractivity contribution >= 4 is 17.8 Å². The molecule has 234 valence electrons. The summed E-state index contributed by atoms with van der Waals surface area (Å²) >= 11 is 0. The predicted molar refractivity (Wildman–Crippen MR) is 160 cm³/mol. The maximum absolute atomic E-state index is 14.0. The number of likely N-dealkylation sites (tertiary alicyclic amines) is 1. The number of carbonyl (C=O) groups excluding carboxylic acids is 2. The fourth-order valence-electron chi connectivity index (χ4n) is 13.2. The zero-order valence-electron chi connectivity index (χ0n) is 26.6. The van der Waals surface area contributed by atoms with Gasteiger partial charge in [-0.1, -0.05) is 34.1 Å². The normalized spacial score (nSPS) is 51.4. The van der Waals surface area contributed by atoms with Crippen LogP contribution >= 0.6 is 0 Å². The van der Waals surface area contributed by atoms with Gasteiger partial charge in [0.05, 0.1) is 17.3 Å². The summed E-state index contributed by atoms with van der Waals surface area (Å²) in [7, 11) is 0. The number of carboxylic acids is 1. The lowest BCUT2D eigenvalue weighted by atomic mass is 9.37. The predicted octanol–water partition coefficient (Wildman–Crippen LogP) is 6.95. The number of carbonyl (C=O) groups is 3. The first-order valence-corrected chi connectivity index (χ1v) is 17.7. The number of carboxylic acid groups (broad SMARTS) is 1. The van der Waals surface area contributed by atoms with E-state index in [1.807, 2.05) is 6.92 Å². The second-order valence-corrected chi connectivity index (χ2v) is 16.8. The van der Waals surface area contributed by atoms with Crippen molar-refractivity contribution in [2.24, 2.45) is 69.5 Å². The van der Waals surface area contributed by atoms with Crippen LogP contribution in [0.2, 0.25) is 0 Å². The van der Waals surface area contributed by atoms with E-state index in [1.54, 1.807) is 0 Å². The summed E-state index contributed by atoms with van der Waals surface area (Å²) in [5, 5.41) is 9.37. The van der Waals surface area contributed by atoms with Crippen molar-refractivity contribution in [2.75, 3.05) is 13.1 Å². The van der Waals surface area contributed by atoms with Crippen molar-refractivity contribution in [1.82, 2.24) is 4.90 Å². The summed E-state index contributed by atoms with van der Waals surface area (Å²) in [6.45, 7) is 11.4. The number of hydrogen-bond donors (Lipinski definition) is 1. The number of rotatable bonds is 4. The van der Waals surface area contributed by atoms with Crippen LogP contribution in [0.3, 0.4) is 0 Å². The van der Waals surface area contributed by atoms with Crippen molar-refractivity contribution in [3.8, 4) is 0 Å². The molecule has 13 unspecified atom stereocenters. The third-order valence-electron chi connectivity index (χ3n) is 15.5. The molecule has 0 aromatic rings. The quantitative estimate of drug-likeness (QED) is 0.363. The summed E-state index contributed by atoms with van der Waals surface area (Å²) in [6, 6.07) is 0. The van der Waals surface area contributed by atoms with Crippen molar-refractivity contribution in [3.63, 3.8) is 0 Å². The molecule has 0 aromatic heterocycles. The minimum atomic E-state index is -0.789. The fourth-order valence-corrected chi connectivity index (χ4v) is 13.2. The van der Waals surface area contributed by atoms with Crippen LogP contribution < -0.4 is 0 Å². The van der Waals surface area contributed by atoms with Crippen molar-refractivity contribution in [1.29, 1.82) is 0 Å². The Hall–Kier alpha value is -1.59. The van der Waals surface area contributed by atoms with E-state index >= 15 is 0 Å². The molecule has 6 nitrogen and oxygen atoms in total. The first-order valence-electron chi connectivity index (χ1n) is 17.7. The van der Waals surface area contributed by atoms with Gasteiger partial charge in [-0.2, -0.15) is 0 Å². The minimum absolute atomic E-state index is 0.0438. The van der Waals surface area contributed by atoms with Crippen LogP contribution in [0.25, 0.3) is 0 Å². The van der Waals surface area contributed by atoms with Gasteiger partial charge in [0.15, 0.2) is 0 Å². The van der Waals surface area contributed by atoms with Crippen LogP contribution in [0.4, 0.5) is 0 Å². The van der Waals surface area contributed by atoms with E-state index in [0.29, 0.717) is 47.3 Å². The average Bonchev–Trinajstić information content (AvgIpc) is 3.64. The molecule has 1 heterocycles. The monoisotopic (exact) mass is 581 g/mol. The number of amides is 1. The SMILES string of the molecule is CC1C(C(=O)O)CC1C(=O)OC1CCC2(C)C(CCC3(C)C4CCC5(C(=O)N6CCCC6)CCCC5C4CCC23)C1C. The van der Waals surface area contributed by atoms with E-state index in [4.69, 9.17) is 4.74 Å². The van der Waals surface area contributed by atoms with Gasteiger partial charge in [-0.05, 0) is 136 Å². The number of aliphatic carboxylic acids is 1. The highest BCUT2D eigenvalue weighted by Crippen LogP contribution is 2.72. The van der Waals surface area contributed by atoms with E-state index in [9.17, 15) is 19.5 Å². The van der Waals surface area contributed by atoms with Gasteiger partial charge in [0.25, 0.3) is 0 Å². The number of fused-ring (bicyclic) bond motifs is 7. The summed E-state index contributed by atoms with van der Waals surface area (Å²) in [6.07, 6.45) is 15.9. The lowest BCUT2D eigenvalue weighted by Crippen LogP contribution is -2.62. The molecular weight excluding hydrogens is 526 g/mol. The van der Waals surface area contributed by atoms with E-state index in [1.165, 1.54) is 57.8 Å². The van der Waals surface area contributed by atoms with Crippen LogP contribution in [0, 0.1) is 69.5 Å². The molecule has 1 aliphatic heterocycles. The zero-order valence-corrected chi connectivity index (χ0v) is 26.6. The number of ether oxygens (including phenoxy) is 1. The van der Waals surface area contributed by atoms with Gasteiger partial charge in [-0.15, -0.1) is 0 Å². The number of hydrogen-bond acceptors (Lipinski definition) is 4. The molecule has 7 aliphatic rings. The van der Waals surface area contributed by atoms with E-state index < -0.39 is 11.9 Å². The maximum atomic E-state index is 14.0. The fraction of sp³-hybridized carbons (Fsp3) is 0.917. The average molecular weight is 582 g/mol. The van der Waals surface area contributed by atoms with Crippen molar-refractivity contribution in [3.05, 3.63) is 0 Å². The highest BCUT2D eigenvalue weighted by Gasteiger charge is 2.66. The molecule has 7 rings (SSSR count). The van der Waals surface area contributed by atoms with E-state index in [0.717, 1.165) is 44.7 Å². The Morgan fingerprint density at radius 1 is 0.738 bits per heavy atom. The van der Waals surface area contributed by atoms with E-state index in [-0.39, 0.29) is 34.7 Å². The van der Waals surface area contributed by atoms with Crippen LogP contribution in [-0.4, -0.2) is 47.0 Å². The molecule has 13 atom stereocenters. The van der Waals surface area contributed by atoms with Crippen LogP contribution in [-0.2, 0) is 19.1 Å². The van der Waals surface area contributed by atoms with Crippen LogP contribution in [0.5, 0.6) is 0 Å². The molecule has 1 amide bonds. The third kappa shape index (κ3) is 4.04. The molecule has 0 radical (unpaired) electrons. The van der Waals surface area contributed by atoms with Crippen molar-refractivity contribution < 1.29 is 24.2 Å². The Morgan fingerprint density at radius 2 is 1.43 bits per heavy atom. The van der Waals surface area contributed by atoms with E-state index in [2.05, 4.69) is 25.7 Å². The maximum Gasteiger partial charge on any atom is 0.309 e. The molecule has 1 saturated heterocycles. The minimum Gasteiger partial charge on any atom is -0.481 e. The molecule has 0 spiro atoms. The van der Waals surface area contributed by atoms with Crippen molar-refractivity contribution in [2.45, 2.75) is 124 Å². The molecule has 6 aliphatic carbocycles. The number of esters is 1. The molecule has 0 aromatic carbocycles. The summed E-state index contributed by atoms with van der Waals surface area (Å²) < 4.78 is 6.20. The zero-order chi connectivity index (χ0) is 29.6. The Bertz CT molecular complexity index is 1120. The van der Waals surface area contributed by atoms with Gasteiger partial charge in [-0.3, -0.25) is 14.4 Å². The molecule has 7 fully saturated rings. The standard InChI is InChI=1S/C36H55NO5/c1-21-24(31(38)39)20-25(21)32(40)42-29-13-16-34(3)26(22(29)2)11-15-35(4)27-12-17-36(33(41)37-18-5-6-19-37)14-7-8-28(36)23(27)9-10-30(34)35/h21-30H,5-20H2,1-4H3,(H,38,39). The molecule has 1 N–H and O–H groups in total. The van der Waals surface area contributed by atoms with Gasteiger partial charge in [0, 0.05) is 13.1 Å². The molecule has 42 heavy (non-hydrogen) atoms. The number of nitrogens with zero attached hydrogens (tertiary/aromatic N) is 1. The summed E-state index contributed by atoms with van der Waals surface area (Å²) in [5.41, 5.74) is 0.554. The Labute approximate surface area is 253 Å². The summed E-state index contributed by atoms with van der Waals surface area (Å²) in [5.74, 6) is 2.43. The van der Waals surface area contributed by atoms with Crippen LogP contribution in [0.1, 0.15) is 118 Å². The molecule has 0 bridgehead atoms. The van der Waals surface area contributed by atoms with Gasteiger partial charge in [0.2, 0.25) is 5.91 Å². The highest BCUT2D eigenvalue weighted by atomic mass is 16.5. The topological polar surface area (TPSA) is 83.9 Å². The van der Waals surface area contributed by atoms with Crippen LogP contribution in [0.15, 0.2) is 0 Å². The van der Waals surface area contributed by atoms with Gasteiger partial charge in [-0.25, -0.2) is 0 Å². The third-order valence-corrected chi connectivity index (χ3v) is 15.5. The molecule has 6 heteroatoms. The first-order chi connectivity index (χ1) is 20.0. The Morgan fingerprint density at radius 3 is 2.14 bits per heavy atom. The lowest BCUT2D eigenvalue weighted by Gasteiger charge is -2.67. The highest BCUT2D eigenvalue weighted by molar-refractivity contribution is 5.84. The van der Waals surface area contributed by atoms with Gasteiger partial charge >= 0.3 is 11.9 Å². The first kappa shape index (κ1) is 29.1. The second-order valence-electron chi connectivity index (χ2n) is 16.8. The Balaban J connectivity index is 1.05. The Kier molecular flexibility index (Phi) is 7.09.